The van der Waals surface area contributed by atoms with Gasteiger partial charge in [0.25, 0.3) is 5.91 Å². The normalized spacial score (nSPS) is 9.44. The number of nitrogens with one attached hydrogen (secondary N) is 2. The molecule has 0 aromatic carbocycles. The Kier molecular flexibility index (Phi) is 4.86. The van der Waals surface area contributed by atoms with Crippen molar-refractivity contribution in [1.29, 1.82) is 0 Å². The van der Waals surface area contributed by atoms with Gasteiger partial charge in [0.05, 0.1) is 12.1 Å². The zero-order chi connectivity index (χ0) is 13.5. The summed E-state index contributed by atoms with van der Waals surface area (Å²) in [7, 11) is 0. The Morgan fingerprint density at radius 2 is 2.17 bits per heavy atom. The van der Waals surface area contributed by atoms with Crippen molar-refractivity contribution in [2.45, 2.75) is 13.8 Å². The minimum Gasteiger partial charge on any atom is -0.368 e. The van der Waals surface area contributed by atoms with Crippen LogP contribution in [0.2, 0.25) is 0 Å². The van der Waals surface area contributed by atoms with Crippen molar-refractivity contribution < 1.29 is 9.59 Å². The number of hydrogen-bond acceptors (Lipinski definition) is 3. The van der Waals surface area contributed by atoms with Crippen LogP contribution in [0.15, 0.2) is 24.5 Å². The molecule has 2 rings (SSSR count). The van der Waals surface area contributed by atoms with E-state index in [0.717, 1.165) is 0 Å². The van der Waals surface area contributed by atoms with Gasteiger partial charge in [0.15, 0.2) is 0 Å². The molecule has 0 aliphatic rings. The first-order valence-corrected chi connectivity index (χ1v) is 5.67. The molecule has 0 radical (unpaired) electrons. The highest BCUT2D eigenvalue weighted by atomic mass is 16.2. The molecule has 2 heterocycles. The van der Waals surface area contributed by atoms with Gasteiger partial charge in [0, 0.05) is 17.8 Å². The molecular weight excluding hydrogens is 232 g/mol. The molecular formula is C12H16N4O2. The number of nitrogens with zero attached hydrogens (tertiary/aromatic N) is 1. The van der Waals surface area contributed by atoms with E-state index in [1.54, 1.807) is 24.5 Å². The van der Waals surface area contributed by atoms with Gasteiger partial charge in [-0.3, -0.25) is 9.59 Å². The SMILES string of the molecule is CC.NC(=O)CNC(=O)c1c[nH]c2ncccc12. The number of carbonyl (C=O) groups excluding carboxylic acids is 2. The van der Waals surface area contributed by atoms with Gasteiger partial charge in [-0.25, -0.2) is 4.98 Å². The number of aromatic nitrogens is 2. The Labute approximate surface area is 105 Å². The van der Waals surface area contributed by atoms with Gasteiger partial charge in [-0.1, -0.05) is 13.8 Å². The van der Waals surface area contributed by atoms with E-state index in [-0.39, 0.29) is 12.5 Å². The number of primary amides is 1. The van der Waals surface area contributed by atoms with Crippen LogP contribution in [0.5, 0.6) is 0 Å². The monoisotopic (exact) mass is 248 g/mol. The summed E-state index contributed by atoms with van der Waals surface area (Å²) in [6.07, 6.45) is 3.18. The number of pyridine rings is 1. The predicted octanol–water partition coefficient (Wildman–Crippen LogP) is 0.804. The second-order valence-corrected chi connectivity index (χ2v) is 3.25. The van der Waals surface area contributed by atoms with Gasteiger partial charge in [0.1, 0.15) is 5.65 Å². The number of aromatic amines is 1. The summed E-state index contributed by atoms with van der Waals surface area (Å²) in [6.45, 7) is 3.83. The maximum absolute atomic E-state index is 11.7. The number of fused-ring (bicyclic) bond motifs is 1. The molecule has 6 nitrogen and oxygen atoms in total. The Hall–Kier alpha value is -2.37. The Bertz CT molecular complexity index is 548. The molecule has 96 valence electrons. The first-order valence-electron chi connectivity index (χ1n) is 5.67. The zero-order valence-electron chi connectivity index (χ0n) is 10.4. The minimum atomic E-state index is -0.577. The third-order valence-electron chi connectivity index (χ3n) is 2.12. The fraction of sp³-hybridized carbons (Fsp3) is 0.250. The second-order valence-electron chi connectivity index (χ2n) is 3.25. The van der Waals surface area contributed by atoms with Crippen molar-refractivity contribution in [2.24, 2.45) is 5.73 Å². The lowest BCUT2D eigenvalue weighted by atomic mass is 10.2. The van der Waals surface area contributed by atoms with Gasteiger partial charge in [0.2, 0.25) is 5.91 Å². The summed E-state index contributed by atoms with van der Waals surface area (Å²) in [4.78, 5) is 29.1. The van der Waals surface area contributed by atoms with Crippen molar-refractivity contribution in [1.82, 2.24) is 15.3 Å². The Balaban J connectivity index is 0.000000771. The third kappa shape index (κ3) is 3.07. The molecule has 0 unspecified atom stereocenters. The lowest BCUT2D eigenvalue weighted by Crippen LogP contribution is -2.33. The van der Waals surface area contributed by atoms with Crippen molar-refractivity contribution in [3.63, 3.8) is 0 Å². The van der Waals surface area contributed by atoms with Crippen molar-refractivity contribution in [3.8, 4) is 0 Å². The Morgan fingerprint density at radius 1 is 1.44 bits per heavy atom. The fourth-order valence-electron chi connectivity index (χ4n) is 1.41. The maximum atomic E-state index is 11.7. The highest BCUT2D eigenvalue weighted by Gasteiger charge is 2.12. The zero-order valence-corrected chi connectivity index (χ0v) is 10.4. The highest BCUT2D eigenvalue weighted by molar-refractivity contribution is 6.06. The van der Waals surface area contributed by atoms with Crippen molar-refractivity contribution >= 4 is 22.8 Å². The molecule has 0 saturated carbocycles. The molecule has 2 amide bonds. The molecule has 0 spiro atoms. The number of hydrogen-bond donors (Lipinski definition) is 3. The minimum absolute atomic E-state index is 0.175. The van der Waals surface area contributed by atoms with Crippen LogP contribution in [0.3, 0.4) is 0 Å². The third-order valence-corrected chi connectivity index (χ3v) is 2.12. The van der Waals surface area contributed by atoms with Gasteiger partial charge >= 0.3 is 0 Å². The average molecular weight is 248 g/mol. The molecule has 2 aromatic rings. The van der Waals surface area contributed by atoms with E-state index in [1.807, 2.05) is 13.8 Å². The largest absolute Gasteiger partial charge is 0.368 e. The molecule has 0 bridgehead atoms. The topological polar surface area (TPSA) is 101 Å². The average Bonchev–Trinajstić information content (AvgIpc) is 2.82. The summed E-state index contributed by atoms with van der Waals surface area (Å²) in [5.74, 6) is -0.927. The van der Waals surface area contributed by atoms with Crippen LogP contribution in [0.1, 0.15) is 24.2 Å². The maximum Gasteiger partial charge on any atom is 0.253 e. The number of carbonyl (C=O) groups is 2. The summed E-state index contributed by atoms with van der Waals surface area (Å²) in [5, 5.41) is 3.13. The van der Waals surface area contributed by atoms with E-state index in [4.69, 9.17) is 5.73 Å². The number of amides is 2. The fourth-order valence-corrected chi connectivity index (χ4v) is 1.41. The number of rotatable bonds is 3. The number of H-pyrrole nitrogens is 1. The van der Waals surface area contributed by atoms with E-state index in [2.05, 4.69) is 15.3 Å². The molecule has 0 fully saturated rings. The summed E-state index contributed by atoms with van der Waals surface area (Å²) in [6, 6.07) is 3.51. The van der Waals surface area contributed by atoms with Crippen LogP contribution in [0, 0.1) is 0 Å². The lowest BCUT2D eigenvalue weighted by Gasteiger charge is -2.00. The number of nitrogens with two attached hydrogens (primary N) is 1. The van der Waals surface area contributed by atoms with Crippen LogP contribution in [0.4, 0.5) is 0 Å². The van der Waals surface area contributed by atoms with E-state index in [9.17, 15) is 9.59 Å². The molecule has 6 heteroatoms. The van der Waals surface area contributed by atoms with Crippen LogP contribution >= 0.6 is 0 Å². The van der Waals surface area contributed by atoms with Crippen LogP contribution < -0.4 is 11.1 Å². The van der Waals surface area contributed by atoms with E-state index in [1.165, 1.54) is 0 Å². The summed E-state index contributed by atoms with van der Waals surface area (Å²) >= 11 is 0. The second kappa shape index (κ2) is 6.39. The quantitative estimate of drug-likeness (QED) is 0.749. The summed E-state index contributed by atoms with van der Waals surface area (Å²) in [5.41, 5.74) is 6.01. The van der Waals surface area contributed by atoms with Gasteiger partial charge in [-0.15, -0.1) is 0 Å². The first kappa shape index (κ1) is 13.7. The molecule has 0 atom stereocenters. The van der Waals surface area contributed by atoms with Gasteiger partial charge in [-0.05, 0) is 12.1 Å². The van der Waals surface area contributed by atoms with Crippen molar-refractivity contribution in [3.05, 3.63) is 30.1 Å². The van der Waals surface area contributed by atoms with Gasteiger partial charge in [-0.2, -0.15) is 0 Å². The first-order chi connectivity index (χ1) is 8.68. The molecule has 0 aliphatic heterocycles. The molecule has 0 saturated heterocycles. The molecule has 0 aliphatic carbocycles. The van der Waals surface area contributed by atoms with Crippen molar-refractivity contribution in [2.75, 3.05) is 6.54 Å². The predicted molar refractivity (Wildman–Crippen MR) is 69.0 cm³/mol. The van der Waals surface area contributed by atoms with E-state index < -0.39 is 5.91 Å². The lowest BCUT2D eigenvalue weighted by molar-refractivity contribution is -0.117. The molecule has 18 heavy (non-hydrogen) atoms. The van der Waals surface area contributed by atoms with E-state index in [0.29, 0.717) is 16.6 Å². The van der Waals surface area contributed by atoms with Crippen LogP contribution in [0.25, 0.3) is 11.0 Å². The smallest absolute Gasteiger partial charge is 0.253 e. The summed E-state index contributed by atoms with van der Waals surface area (Å²) < 4.78 is 0. The van der Waals surface area contributed by atoms with Gasteiger partial charge < -0.3 is 16.0 Å². The molecule has 4 N–H and O–H groups in total. The van der Waals surface area contributed by atoms with E-state index >= 15 is 0 Å². The van der Waals surface area contributed by atoms with Crippen LogP contribution in [-0.4, -0.2) is 28.3 Å². The van der Waals surface area contributed by atoms with Crippen LogP contribution in [-0.2, 0) is 4.79 Å². The highest BCUT2D eigenvalue weighted by Crippen LogP contribution is 2.14. The Morgan fingerprint density at radius 3 is 2.83 bits per heavy atom. The molecule has 2 aromatic heterocycles. The standard InChI is InChI=1S/C10H10N4O2.C2H6/c11-8(15)5-14-10(16)7-4-13-9-6(7)2-1-3-12-9;1-2/h1-4H,5H2,(H2,11,15)(H,12,13)(H,14,16);1-2H3.